The number of carboxylic acids is 1. The highest BCUT2D eigenvalue weighted by Crippen LogP contribution is 2.10. The van der Waals surface area contributed by atoms with Crippen molar-refractivity contribution in [3.05, 3.63) is 0 Å². The first-order chi connectivity index (χ1) is 4.72. The van der Waals surface area contributed by atoms with Crippen molar-refractivity contribution in [3.8, 4) is 0 Å². The van der Waals surface area contributed by atoms with Crippen LogP contribution in [0, 0.1) is 5.92 Å². The fraction of sp³-hybridized carbons (Fsp3) is 0.833. The van der Waals surface area contributed by atoms with E-state index in [1.165, 1.54) is 0 Å². The van der Waals surface area contributed by atoms with Crippen LogP contribution in [0.15, 0.2) is 0 Å². The zero-order valence-electron chi connectivity index (χ0n) is 5.71. The molecular weight excluding hydrogens is 132 g/mol. The van der Waals surface area contributed by atoms with Crippen LogP contribution in [0.5, 0.6) is 0 Å². The molecule has 1 heterocycles. The van der Waals surface area contributed by atoms with Crippen LogP contribution in [0.4, 0.5) is 0 Å². The third kappa shape index (κ3) is 1.46. The molecule has 58 valence electrons. The van der Waals surface area contributed by atoms with Gasteiger partial charge in [-0.15, -0.1) is 0 Å². The number of aliphatic carboxylic acids is 1. The monoisotopic (exact) mass is 144 g/mol. The van der Waals surface area contributed by atoms with Gasteiger partial charge in [-0.25, -0.2) is 0 Å². The van der Waals surface area contributed by atoms with Crippen molar-refractivity contribution in [2.75, 3.05) is 13.1 Å². The number of rotatable bonds is 2. The Labute approximate surface area is 59.4 Å². The van der Waals surface area contributed by atoms with Gasteiger partial charge in [0.15, 0.2) is 0 Å². The zero-order valence-corrected chi connectivity index (χ0v) is 5.71. The Bertz CT molecular complexity index is 132. The van der Waals surface area contributed by atoms with Gasteiger partial charge in [-0.3, -0.25) is 4.79 Å². The molecule has 0 amide bonds. The lowest BCUT2D eigenvalue weighted by atomic mass is 10.0. The summed E-state index contributed by atoms with van der Waals surface area (Å²) in [5.74, 6) is -0.772. The summed E-state index contributed by atoms with van der Waals surface area (Å²) in [6, 6.07) is -0.685. The van der Waals surface area contributed by atoms with E-state index in [0.717, 1.165) is 19.5 Å². The molecule has 1 aliphatic heterocycles. The smallest absolute Gasteiger partial charge is 0.320 e. The maximum absolute atomic E-state index is 10.3. The van der Waals surface area contributed by atoms with Crippen molar-refractivity contribution in [3.63, 3.8) is 0 Å². The topological polar surface area (TPSA) is 75.4 Å². The molecule has 0 radical (unpaired) electrons. The Morgan fingerprint density at radius 2 is 2.50 bits per heavy atom. The van der Waals surface area contributed by atoms with Crippen LogP contribution in [-0.4, -0.2) is 30.2 Å². The highest BCUT2D eigenvalue weighted by Gasteiger charge is 2.26. The molecule has 4 nitrogen and oxygen atoms in total. The Balaban J connectivity index is 2.39. The average molecular weight is 144 g/mol. The van der Waals surface area contributed by atoms with Gasteiger partial charge in [0, 0.05) is 6.54 Å². The lowest BCUT2D eigenvalue weighted by molar-refractivity contribution is -0.139. The molecule has 1 saturated heterocycles. The summed E-state index contributed by atoms with van der Waals surface area (Å²) in [4.78, 5) is 10.3. The molecule has 4 heteroatoms. The molecule has 0 bridgehead atoms. The summed E-state index contributed by atoms with van der Waals surface area (Å²) in [6.07, 6.45) is 0.882. The molecule has 2 atom stereocenters. The molecule has 0 unspecified atom stereocenters. The average Bonchev–Trinajstić information content (AvgIpc) is 2.36. The highest BCUT2D eigenvalue weighted by atomic mass is 16.4. The molecule has 1 fully saturated rings. The van der Waals surface area contributed by atoms with Crippen molar-refractivity contribution in [2.24, 2.45) is 11.7 Å². The normalized spacial score (nSPS) is 28.3. The largest absolute Gasteiger partial charge is 0.480 e. The molecule has 10 heavy (non-hydrogen) atoms. The zero-order chi connectivity index (χ0) is 7.56. The van der Waals surface area contributed by atoms with Crippen LogP contribution in [0.1, 0.15) is 6.42 Å². The number of hydrogen-bond donors (Lipinski definition) is 3. The summed E-state index contributed by atoms with van der Waals surface area (Å²) in [6.45, 7) is 1.64. The second-order valence-electron chi connectivity index (χ2n) is 2.62. The van der Waals surface area contributed by atoms with Gasteiger partial charge in [0.1, 0.15) is 6.04 Å². The van der Waals surface area contributed by atoms with Crippen molar-refractivity contribution in [1.29, 1.82) is 0 Å². The Morgan fingerprint density at radius 1 is 1.80 bits per heavy atom. The first-order valence-corrected chi connectivity index (χ1v) is 3.41. The minimum atomic E-state index is -0.895. The van der Waals surface area contributed by atoms with Crippen LogP contribution in [0.25, 0.3) is 0 Å². The number of nitrogens with one attached hydrogen (secondary N) is 1. The number of carbonyl (C=O) groups is 1. The Hall–Kier alpha value is -0.610. The third-order valence-electron chi connectivity index (χ3n) is 1.89. The van der Waals surface area contributed by atoms with Gasteiger partial charge in [0.2, 0.25) is 0 Å². The second kappa shape index (κ2) is 2.98. The van der Waals surface area contributed by atoms with E-state index in [4.69, 9.17) is 10.8 Å². The SMILES string of the molecule is N[C@@H](C(=O)O)[C@H]1CCNC1. The van der Waals surface area contributed by atoms with E-state index >= 15 is 0 Å². The molecular formula is C6H12N2O2. The van der Waals surface area contributed by atoms with Crippen LogP contribution in [-0.2, 0) is 4.79 Å². The first-order valence-electron chi connectivity index (χ1n) is 3.41. The van der Waals surface area contributed by atoms with Gasteiger partial charge in [0.05, 0.1) is 0 Å². The molecule has 0 saturated carbocycles. The van der Waals surface area contributed by atoms with Crippen LogP contribution >= 0.6 is 0 Å². The number of carboxylic acid groups (broad SMARTS) is 1. The van der Waals surface area contributed by atoms with E-state index in [0.29, 0.717) is 0 Å². The number of nitrogens with two attached hydrogens (primary N) is 1. The van der Waals surface area contributed by atoms with E-state index in [-0.39, 0.29) is 5.92 Å². The fourth-order valence-corrected chi connectivity index (χ4v) is 1.19. The van der Waals surface area contributed by atoms with Gasteiger partial charge < -0.3 is 16.2 Å². The number of hydrogen-bond acceptors (Lipinski definition) is 3. The second-order valence-corrected chi connectivity index (χ2v) is 2.62. The Kier molecular flexibility index (Phi) is 2.24. The minimum Gasteiger partial charge on any atom is -0.480 e. The summed E-state index contributed by atoms with van der Waals surface area (Å²) in [7, 11) is 0. The molecule has 0 spiro atoms. The summed E-state index contributed by atoms with van der Waals surface area (Å²) < 4.78 is 0. The molecule has 1 rings (SSSR count). The molecule has 1 aliphatic rings. The highest BCUT2D eigenvalue weighted by molar-refractivity contribution is 5.73. The fourth-order valence-electron chi connectivity index (χ4n) is 1.19. The van der Waals surface area contributed by atoms with Crippen molar-refractivity contribution in [2.45, 2.75) is 12.5 Å². The van der Waals surface area contributed by atoms with Crippen molar-refractivity contribution in [1.82, 2.24) is 5.32 Å². The van der Waals surface area contributed by atoms with Gasteiger partial charge in [-0.2, -0.15) is 0 Å². The maximum Gasteiger partial charge on any atom is 0.320 e. The van der Waals surface area contributed by atoms with E-state index in [2.05, 4.69) is 5.32 Å². The summed E-state index contributed by atoms with van der Waals surface area (Å²) in [5, 5.41) is 11.6. The van der Waals surface area contributed by atoms with Crippen molar-refractivity contribution >= 4 is 5.97 Å². The molecule has 0 aromatic rings. The van der Waals surface area contributed by atoms with Gasteiger partial charge in [0.25, 0.3) is 0 Å². The standard InChI is InChI=1S/C6H12N2O2/c7-5(6(9)10)4-1-2-8-3-4/h4-5,8H,1-3,7H2,(H,9,10)/t4-,5+/m0/s1. The van der Waals surface area contributed by atoms with Crippen LogP contribution in [0.2, 0.25) is 0 Å². The third-order valence-corrected chi connectivity index (χ3v) is 1.89. The molecule has 0 aliphatic carbocycles. The Morgan fingerprint density at radius 3 is 2.90 bits per heavy atom. The van der Waals surface area contributed by atoms with E-state index in [1.807, 2.05) is 0 Å². The molecule has 4 N–H and O–H groups in total. The summed E-state index contributed by atoms with van der Waals surface area (Å²) in [5.41, 5.74) is 5.38. The van der Waals surface area contributed by atoms with Crippen LogP contribution in [0.3, 0.4) is 0 Å². The van der Waals surface area contributed by atoms with Gasteiger partial charge in [-0.1, -0.05) is 0 Å². The lowest BCUT2D eigenvalue weighted by Gasteiger charge is -2.11. The molecule has 0 aromatic carbocycles. The maximum atomic E-state index is 10.3. The minimum absolute atomic E-state index is 0.123. The van der Waals surface area contributed by atoms with Crippen LogP contribution < -0.4 is 11.1 Å². The summed E-state index contributed by atoms with van der Waals surface area (Å²) >= 11 is 0. The van der Waals surface area contributed by atoms with E-state index in [1.54, 1.807) is 0 Å². The first kappa shape index (κ1) is 7.50. The van der Waals surface area contributed by atoms with Gasteiger partial charge in [-0.05, 0) is 18.9 Å². The van der Waals surface area contributed by atoms with E-state index in [9.17, 15) is 4.79 Å². The van der Waals surface area contributed by atoms with Gasteiger partial charge >= 0.3 is 5.97 Å². The predicted molar refractivity (Wildman–Crippen MR) is 36.6 cm³/mol. The molecule has 0 aromatic heterocycles. The predicted octanol–water partition coefficient (Wildman–Crippen LogP) is -0.992. The quantitative estimate of drug-likeness (QED) is 0.465. The lowest BCUT2D eigenvalue weighted by Crippen LogP contribution is -2.38. The van der Waals surface area contributed by atoms with Crippen molar-refractivity contribution < 1.29 is 9.90 Å². The van der Waals surface area contributed by atoms with E-state index < -0.39 is 12.0 Å².